The summed E-state index contributed by atoms with van der Waals surface area (Å²) in [6.45, 7) is -0.157. The number of nitrogens with zero attached hydrogens (tertiary/aromatic N) is 1. The number of aliphatic hydroxyl groups is 1. The number of sulfonamides is 1. The van der Waals surface area contributed by atoms with E-state index in [0.29, 0.717) is 5.69 Å². The van der Waals surface area contributed by atoms with Crippen LogP contribution in [0.2, 0.25) is 0 Å². The van der Waals surface area contributed by atoms with Crippen LogP contribution in [0.4, 0.5) is 0 Å². The fourth-order valence-electron chi connectivity index (χ4n) is 1.37. The van der Waals surface area contributed by atoms with Gasteiger partial charge in [-0.25, -0.2) is 13.1 Å². The zero-order valence-electron chi connectivity index (χ0n) is 8.47. The summed E-state index contributed by atoms with van der Waals surface area (Å²) in [5.74, 6) is 0. The van der Waals surface area contributed by atoms with Crippen LogP contribution >= 0.6 is 0 Å². The fraction of sp³-hybridized carbons (Fsp3) is 0.556. The van der Waals surface area contributed by atoms with Crippen LogP contribution in [0.3, 0.4) is 0 Å². The third-order valence-electron chi connectivity index (χ3n) is 2.45. The molecule has 0 amide bonds. The first-order valence-electron chi connectivity index (χ1n) is 4.81. The Morgan fingerprint density at radius 1 is 1.60 bits per heavy atom. The van der Waals surface area contributed by atoms with E-state index in [0.717, 1.165) is 12.8 Å². The van der Waals surface area contributed by atoms with E-state index in [-0.39, 0.29) is 17.5 Å². The summed E-state index contributed by atoms with van der Waals surface area (Å²) in [5.41, 5.74) is 0.589. The SMILES string of the molecule is Cn1cc(S(=O)(=O)NC2CC2)cc1CO. The summed E-state index contributed by atoms with van der Waals surface area (Å²) in [6, 6.07) is 1.60. The van der Waals surface area contributed by atoms with Crippen molar-refractivity contribution in [2.45, 2.75) is 30.4 Å². The molecular weight excluding hydrogens is 216 g/mol. The van der Waals surface area contributed by atoms with Crippen molar-refractivity contribution in [3.05, 3.63) is 18.0 Å². The molecule has 1 heterocycles. The molecule has 0 saturated heterocycles. The Labute approximate surface area is 88.8 Å². The van der Waals surface area contributed by atoms with Gasteiger partial charge in [0.2, 0.25) is 10.0 Å². The number of hydrogen-bond donors (Lipinski definition) is 2. The Bertz CT molecular complexity index is 460. The van der Waals surface area contributed by atoms with Crippen molar-refractivity contribution in [2.75, 3.05) is 0 Å². The molecule has 1 saturated carbocycles. The zero-order chi connectivity index (χ0) is 11.1. The van der Waals surface area contributed by atoms with Crippen LogP contribution in [0.25, 0.3) is 0 Å². The van der Waals surface area contributed by atoms with Crippen LogP contribution in [0, 0.1) is 0 Å². The largest absolute Gasteiger partial charge is 0.390 e. The van der Waals surface area contributed by atoms with Gasteiger partial charge in [0.05, 0.1) is 11.5 Å². The first-order valence-corrected chi connectivity index (χ1v) is 6.29. The summed E-state index contributed by atoms with van der Waals surface area (Å²) < 4.78 is 27.7. The lowest BCUT2D eigenvalue weighted by molar-refractivity contribution is 0.272. The predicted molar refractivity (Wildman–Crippen MR) is 54.7 cm³/mol. The number of aryl methyl sites for hydroxylation is 1. The molecule has 15 heavy (non-hydrogen) atoms. The second-order valence-electron chi connectivity index (χ2n) is 3.83. The highest BCUT2D eigenvalue weighted by molar-refractivity contribution is 7.89. The van der Waals surface area contributed by atoms with Gasteiger partial charge in [0.1, 0.15) is 0 Å². The van der Waals surface area contributed by atoms with Crippen molar-refractivity contribution in [2.24, 2.45) is 7.05 Å². The van der Waals surface area contributed by atoms with Crippen LogP contribution < -0.4 is 4.72 Å². The number of rotatable bonds is 4. The smallest absolute Gasteiger partial charge is 0.242 e. The van der Waals surface area contributed by atoms with Crippen LogP contribution in [0.1, 0.15) is 18.5 Å². The summed E-state index contributed by atoms with van der Waals surface area (Å²) in [4.78, 5) is 0.223. The average molecular weight is 230 g/mol. The van der Waals surface area contributed by atoms with E-state index < -0.39 is 10.0 Å². The molecule has 5 nitrogen and oxygen atoms in total. The lowest BCUT2D eigenvalue weighted by Crippen LogP contribution is -2.25. The maximum absolute atomic E-state index is 11.8. The molecule has 0 atom stereocenters. The molecule has 84 valence electrons. The van der Waals surface area contributed by atoms with Gasteiger partial charge in [-0.05, 0) is 18.9 Å². The van der Waals surface area contributed by atoms with E-state index >= 15 is 0 Å². The van der Waals surface area contributed by atoms with Gasteiger partial charge in [0, 0.05) is 25.0 Å². The summed E-state index contributed by atoms with van der Waals surface area (Å²) in [6.07, 6.45) is 3.34. The van der Waals surface area contributed by atoms with E-state index in [1.807, 2.05) is 0 Å². The third-order valence-corrected chi connectivity index (χ3v) is 3.94. The van der Waals surface area contributed by atoms with Crippen LogP contribution in [-0.4, -0.2) is 24.1 Å². The molecule has 1 aliphatic rings. The normalized spacial score (nSPS) is 16.9. The lowest BCUT2D eigenvalue weighted by Gasteiger charge is -2.01. The highest BCUT2D eigenvalue weighted by atomic mass is 32.2. The van der Waals surface area contributed by atoms with E-state index in [4.69, 9.17) is 5.11 Å². The Kier molecular flexibility index (Phi) is 2.57. The third kappa shape index (κ3) is 2.22. The van der Waals surface area contributed by atoms with Gasteiger partial charge in [-0.3, -0.25) is 0 Å². The summed E-state index contributed by atoms with van der Waals surface area (Å²) >= 11 is 0. The van der Waals surface area contributed by atoms with Crippen LogP contribution in [0.5, 0.6) is 0 Å². The Hall–Kier alpha value is -0.850. The average Bonchev–Trinajstić information content (AvgIpc) is 2.86. The van der Waals surface area contributed by atoms with Gasteiger partial charge < -0.3 is 9.67 Å². The number of hydrogen-bond acceptors (Lipinski definition) is 3. The maximum atomic E-state index is 11.8. The van der Waals surface area contributed by atoms with E-state index in [2.05, 4.69) is 4.72 Å². The van der Waals surface area contributed by atoms with Crippen molar-refractivity contribution < 1.29 is 13.5 Å². The second-order valence-corrected chi connectivity index (χ2v) is 5.55. The van der Waals surface area contributed by atoms with Crippen molar-refractivity contribution in [1.29, 1.82) is 0 Å². The summed E-state index contributed by atoms with van der Waals surface area (Å²) in [7, 11) is -1.68. The summed E-state index contributed by atoms with van der Waals surface area (Å²) in [5, 5.41) is 8.96. The van der Waals surface area contributed by atoms with Gasteiger partial charge in [-0.15, -0.1) is 0 Å². The zero-order valence-corrected chi connectivity index (χ0v) is 9.29. The van der Waals surface area contributed by atoms with Gasteiger partial charge in [0.15, 0.2) is 0 Å². The molecule has 0 spiro atoms. The van der Waals surface area contributed by atoms with Crippen molar-refractivity contribution in [3.8, 4) is 0 Å². The molecular formula is C9H14N2O3S. The van der Waals surface area contributed by atoms with Crippen molar-refractivity contribution >= 4 is 10.0 Å². The number of nitrogens with one attached hydrogen (secondary N) is 1. The van der Waals surface area contributed by atoms with Crippen molar-refractivity contribution in [1.82, 2.24) is 9.29 Å². The van der Waals surface area contributed by atoms with Crippen LogP contribution in [-0.2, 0) is 23.7 Å². The van der Waals surface area contributed by atoms with Crippen molar-refractivity contribution in [3.63, 3.8) is 0 Å². The Morgan fingerprint density at radius 3 is 2.73 bits per heavy atom. The quantitative estimate of drug-likeness (QED) is 0.762. The molecule has 1 fully saturated rings. The fourth-order valence-corrected chi connectivity index (χ4v) is 2.77. The first kappa shape index (κ1) is 10.7. The van der Waals surface area contributed by atoms with Gasteiger partial charge in [-0.1, -0.05) is 0 Å². The minimum absolute atomic E-state index is 0.104. The highest BCUT2D eigenvalue weighted by Crippen LogP contribution is 2.22. The lowest BCUT2D eigenvalue weighted by atomic mass is 10.5. The topological polar surface area (TPSA) is 71.3 Å². The van der Waals surface area contributed by atoms with E-state index in [9.17, 15) is 8.42 Å². The predicted octanol–water partition coefficient (Wildman–Crippen LogP) is -0.0419. The molecule has 1 aliphatic carbocycles. The standard InChI is InChI=1S/C9H14N2O3S/c1-11-5-9(4-8(11)6-12)15(13,14)10-7-2-3-7/h4-5,7,10,12H,2-3,6H2,1H3. The van der Waals surface area contributed by atoms with Gasteiger partial charge in [-0.2, -0.15) is 0 Å². The van der Waals surface area contributed by atoms with Gasteiger partial charge >= 0.3 is 0 Å². The molecule has 0 bridgehead atoms. The van der Waals surface area contributed by atoms with Crippen LogP contribution in [0.15, 0.2) is 17.2 Å². The molecule has 0 radical (unpaired) electrons. The molecule has 0 aliphatic heterocycles. The highest BCUT2D eigenvalue weighted by Gasteiger charge is 2.28. The molecule has 0 aromatic carbocycles. The minimum Gasteiger partial charge on any atom is -0.390 e. The monoisotopic (exact) mass is 230 g/mol. The minimum atomic E-state index is -3.39. The molecule has 2 rings (SSSR count). The Balaban J connectivity index is 2.27. The first-order chi connectivity index (χ1) is 7.03. The Morgan fingerprint density at radius 2 is 2.27 bits per heavy atom. The second kappa shape index (κ2) is 3.62. The number of aromatic nitrogens is 1. The molecule has 1 aromatic heterocycles. The molecule has 2 N–H and O–H groups in total. The molecule has 0 unspecified atom stereocenters. The van der Waals surface area contributed by atoms with E-state index in [1.54, 1.807) is 11.6 Å². The molecule has 1 aromatic rings. The maximum Gasteiger partial charge on any atom is 0.242 e. The van der Waals surface area contributed by atoms with Gasteiger partial charge in [0.25, 0.3) is 0 Å². The molecule has 6 heteroatoms. The van der Waals surface area contributed by atoms with E-state index in [1.165, 1.54) is 12.3 Å². The number of aliphatic hydroxyl groups excluding tert-OH is 1.